The van der Waals surface area contributed by atoms with E-state index in [-0.39, 0.29) is 12.4 Å². The fourth-order valence-corrected chi connectivity index (χ4v) is 1.71. The summed E-state index contributed by atoms with van der Waals surface area (Å²) >= 11 is 0. The zero-order chi connectivity index (χ0) is 6.85. The summed E-state index contributed by atoms with van der Waals surface area (Å²) in [5.74, 6) is 1.52. The second-order valence-electron chi connectivity index (χ2n) is 3.46. The molecule has 0 aromatic heterocycles. The van der Waals surface area contributed by atoms with Crippen LogP contribution in [0.5, 0.6) is 0 Å². The lowest BCUT2D eigenvalue weighted by atomic mass is 9.79. The van der Waals surface area contributed by atoms with Crippen LogP contribution in [0, 0.1) is 11.8 Å². The van der Waals surface area contributed by atoms with Crippen molar-refractivity contribution in [3.63, 3.8) is 0 Å². The third-order valence-electron chi connectivity index (χ3n) is 2.63. The van der Waals surface area contributed by atoms with Crippen molar-refractivity contribution in [2.45, 2.75) is 39.2 Å². The van der Waals surface area contributed by atoms with E-state index in [0.29, 0.717) is 6.04 Å². The van der Waals surface area contributed by atoms with E-state index in [1.54, 1.807) is 0 Å². The number of hydrogen-bond donors (Lipinski definition) is 1. The summed E-state index contributed by atoms with van der Waals surface area (Å²) in [6.45, 7) is 4.53. The van der Waals surface area contributed by atoms with Gasteiger partial charge in [-0.05, 0) is 24.7 Å². The van der Waals surface area contributed by atoms with Crippen LogP contribution in [-0.2, 0) is 0 Å². The summed E-state index contributed by atoms with van der Waals surface area (Å²) < 4.78 is 0. The molecule has 0 saturated heterocycles. The second kappa shape index (κ2) is 4.20. The molecule has 1 aliphatic rings. The molecule has 2 heteroatoms. The summed E-state index contributed by atoms with van der Waals surface area (Å²) in [5, 5.41) is 0. The molecule has 1 nitrogen and oxygen atoms in total. The molecular weight excluding hydrogens is 146 g/mol. The second-order valence-corrected chi connectivity index (χ2v) is 3.46. The summed E-state index contributed by atoms with van der Waals surface area (Å²) in [5.41, 5.74) is 5.92. The van der Waals surface area contributed by atoms with Gasteiger partial charge in [0.1, 0.15) is 0 Å². The van der Waals surface area contributed by atoms with Crippen LogP contribution in [0.4, 0.5) is 0 Å². The van der Waals surface area contributed by atoms with Crippen molar-refractivity contribution in [1.82, 2.24) is 0 Å². The molecule has 2 unspecified atom stereocenters. The Morgan fingerprint density at radius 2 is 1.50 bits per heavy atom. The minimum atomic E-state index is 0. The van der Waals surface area contributed by atoms with Crippen molar-refractivity contribution < 1.29 is 0 Å². The number of hydrogen-bond acceptors (Lipinski definition) is 1. The minimum absolute atomic E-state index is 0. The van der Waals surface area contributed by atoms with Gasteiger partial charge in [0.25, 0.3) is 0 Å². The highest BCUT2D eigenvalue weighted by atomic mass is 35.5. The largest absolute Gasteiger partial charge is 0.327 e. The molecule has 1 fully saturated rings. The van der Waals surface area contributed by atoms with Crippen molar-refractivity contribution in [2.24, 2.45) is 17.6 Å². The summed E-state index contributed by atoms with van der Waals surface area (Å²) in [7, 11) is 0. The number of rotatable bonds is 0. The monoisotopic (exact) mass is 163 g/mol. The van der Waals surface area contributed by atoms with Gasteiger partial charge in [0.2, 0.25) is 0 Å². The molecule has 0 spiro atoms. The topological polar surface area (TPSA) is 26.0 Å². The quantitative estimate of drug-likeness (QED) is 0.582. The predicted molar refractivity (Wildman–Crippen MR) is 47.4 cm³/mol. The summed E-state index contributed by atoms with van der Waals surface area (Å²) in [4.78, 5) is 0. The fraction of sp³-hybridized carbons (Fsp3) is 1.00. The molecule has 10 heavy (non-hydrogen) atoms. The Hall–Kier alpha value is 0.250. The van der Waals surface area contributed by atoms with E-state index in [2.05, 4.69) is 13.8 Å². The Labute approximate surface area is 69.8 Å². The molecular formula is C8H18ClN. The number of halogens is 1. The third-order valence-corrected chi connectivity index (χ3v) is 2.63. The first-order chi connectivity index (χ1) is 4.22. The summed E-state index contributed by atoms with van der Waals surface area (Å²) in [6, 6.07) is 0.471. The fourth-order valence-electron chi connectivity index (χ4n) is 1.71. The van der Waals surface area contributed by atoms with E-state index < -0.39 is 0 Å². The van der Waals surface area contributed by atoms with Gasteiger partial charge >= 0.3 is 0 Å². The van der Waals surface area contributed by atoms with Crippen LogP contribution >= 0.6 is 12.4 Å². The van der Waals surface area contributed by atoms with Crippen molar-refractivity contribution in [1.29, 1.82) is 0 Å². The normalized spacial score (nSPS) is 40.5. The van der Waals surface area contributed by atoms with Crippen LogP contribution in [0.2, 0.25) is 0 Å². The lowest BCUT2D eigenvalue weighted by Crippen LogP contribution is -2.37. The number of nitrogens with two attached hydrogens (primary N) is 1. The molecule has 1 rings (SSSR count). The first-order valence-electron chi connectivity index (χ1n) is 3.97. The van der Waals surface area contributed by atoms with E-state index in [1.165, 1.54) is 19.3 Å². The molecule has 62 valence electrons. The van der Waals surface area contributed by atoms with Crippen molar-refractivity contribution in [3.8, 4) is 0 Å². The maximum absolute atomic E-state index is 5.92. The molecule has 1 aliphatic carbocycles. The molecule has 0 aromatic carbocycles. The van der Waals surface area contributed by atoms with Crippen LogP contribution in [0.1, 0.15) is 33.1 Å². The van der Waals surface area contributed by atoms with Gasteiger partial charge in [-0.25, -0.2) is 0 Å². The van der Waals surface area contributed by atoms with E-state index in [9.17, 15) is 0 Å². The van der Waals surface area contributed by atoms with Crippen LogP contribution in [0.3, 0.4) is 0 Å². The average molecular weight is 164 g/mol. The minimum Gasteiger partial charge on any atom is -0.327 e. The maximum atomic E-state index is 5.92. The Morgan fingerprint density at radius 3 is 1.80 bits per heavy atom. The predicted octanol–water partition coefficient (Wildman–Crippen LogP) is 2.19. The highest BCUT2D eigenvalue weighted by molar-refractivity contribution is 5.85. The zero-order valence-electron chi connectivity index (χ0n) is 6.84. The van der Waals surface area contributed by atoms with Gasteiger partial charge in [0.05, 0.1) is 0 Å². The van der Waals surface area contributed by atoms with Crippen LogP contribution in [-0.4, -0.2) is 6.04 Å². The first kappa shape index (κ1) is 10.2. The van der Waals surface area contributed by atoms with Gasteiger partial charge in [-0.15, -0.1) is 12.4 Å². The average Bonchev–Trinajstić information content (AvgIpc) is 1.83. The van der Waals surface area contributed by atoms with Crippen LogP contribution in [0.15, 0.2) is 0 Å². The Balaban J connectivity index is 0.000000810. The van der Waals surface area contributed by atoms with E-state index >= 15 is 0 Å². The molecule has 0 bridgehead atoms. The highest BCUT2D eigenvalue weighted by Crippen LogP contribution is 2.26. The highest BCUT2D eigenvalue weighted by Gasteiger charge is 2.23. The Bertz CT molecular complexity index is 85.3. The maximum Gasteiger partial charge on any atom is 0.00903 e. The molecule has 0 amide bonds. The van der Waals surface area contributed by atoms with E-state index in [1.807, 2.05) is 0 Å². The standard InChI is InChI=1S/C8H17N.ClH/c1-6-4-3-5-7(2)8(6)9;/h6-8H,3-5,9H2,1-2H3;1H. The van der Waals surface area contributed by atoms with Crippen molar-refractivity contribution in [3.05, 3.63) is 0 Å². The molecule has 0 radical (unpaired) electrons. The Kier molecular flexibility index (Phi) is 4.30. The summed E-state index contributed by atoms with van der Waals surface area (Å²) in [6.07, 6.45) is 4.06. The van der Waals surface area contributed by atoms with Crippen molar-refractivity contribution in [2.75, 3.05) is 0 Å². The lowest BCUT2D eigenvalue weighted by molar-refractivity contribution is 0.251. The van der Waals surface area contributed by atoms with Gasteiger partial charge in [-0.3, -0.25) is 0 Å². The smallest absolute Gasteiger partial charge is 0.00903 e. The zero-order valence-corrected chi connectivity index (χ0v) is 7.66. The van der Waals surface area contributed by atoms with Gasteiger partial charge in [0.15, 0.2) is 0 Å². The first-order valence-corrected chi connectivity index (χ1v) is 3.97. The molecule has 0 aliphatic heterocycles. The van der Waals surface area contributed by atoms with E-state index in [0.717, 1.165) is 11.8 Å². The van der Waals surface area contributed by atoms with Crippen LogP contribution < -0.4 is 5.73 Å². The molecule has 2 atom stereocenters. The third kappa shape index (κ3) is 2.14. The van der Waals surface area contributed by atoms with Crippen molar-refractivity contribution >= 4 is 12.4 Å². The van der Waals surface area contributed by atoms with Gasteiger partial charge in [-0.2, -0.15) is 0 Å². The van der Waals surface area contributed by atoms with Gasteiger partial charge < -0.3 is 5.73 Å². The van der Waals surface area contributed by atoms with Crippen LogP contribution in [0.25, 0.3) is 0 Å². The molecule has 0 heterocycles. The molecule has 0 aromatic rings. The lowest BCUT2D eigenvalue weighted by Gasteiger charge is -2.31. The Morgan fingerprint density at radius 1 is 1.10 bits per heavy atom. The van der Waals surface area contributed by atoms with Gasteiger partial charge in [0, 0.05) is 6.04 Å². The molecule has 1 saturated carbocycles. The van der Waals surface area contributed by atoms with Gasteiger partial charge in [-0.1, -0.05) is 20.3 Å². The van der Waals surface area contributed by atoms with E-state index in [4.69, 9.17) is 5.73 Å². The molecule has 2 N–H and O–H groups in total. The SMILES string of the molecule is CC1CCCC(C)C1N.Cl.